The molecule has 0 bridgehead atoms. The van der Waals surface area contributed by atoms with E-state index in [0.717, 1.165) is 18.4 Å². The number of thioether (sulfide) groups is 1. The molecule has 1 amide bonds. The lowest BCUT2D eigenvalue weighted by Gasteiger charge is -2.12. The second-order valence-electron chi connectivity index (χ2n) is 7.07. The molecule has 0 aromatic heterocycles. The quantitative estimate of drug-likeness (QED) is 0.414. The molecular weight excluding hydrogens is 428 g/mol. The number of amides is 1. The van der Waals surface area contributed by atoms with Crippen molar-refractivity contribution in [1.29, 1.82) is 0 Å². The van der Waals surface area contributed by atoms with E-state index >= 15 is 0 Å². The van der Waals surface area contributed by atoms with Gasteiger partial charge in [-0.15, -0.1) is 0 Å². The van der Waals surface area contributed by atoms with Gasteiger partial charge in [0.2, 0.25) is 0 Å². The molecule has 0 saturated carbocycles. The molecule has 168 valence electrons. The monoisotopic (exact) mass is 454 g/mol. The molecule has 3 rings (SSSR count). The normalized spacial score (nSPS) is 16.1. The van der Waals surface area contributed by atoms with Crippen LogP contribution in [0.3, 0.4) is 0 Å². The summed E-state index contributed by atoms with van der Waals surface area (Å²) in [5.74, 6) is 0.124. The average Bonchev–Trinajstić information content (AvgIpc) is 3.03. The summed E-state index contributed by atoms with van der Waals surface area (Å²) < 4.78 is 11.5. The number of carbonyl (C=O) groups is 2. The molecule has 8 heteroatoms. The predicted molar refractivity (Wildman–Crippen MR) is 127 cm³/mol. The molecule has 1 aliphatic heterocycles. The zero-order valence-corrected chi connectivity index (χ0v) is 19.1. The van der Waals surface area contributed by atoms with Crippen LogP contribution in [0.15, 0.2) is 52.4 Å². The molecule has 0 unspecified atom stereocenters. The number of amidine groups is 1. The Morgan fingerprint density at radius 2 is 1.97 bits per heavy atom. The van der Waals surface area contributed by atoms with E-state index in [1.165, 1.54) is 28.8 Å². The maximum atomic E-state index is 12.7. The van der Waals surface area contributed by atoms with Crippen LogP contribution in [0, 0.1) is 0 Å². The molecule has 0 atom stereocenters. The Kier molecular flexibility index (Phi) is 7.94. The predicted octanol–water partition coefficient (Wildman–Crippen LogP) is 5.20. The van der Waals surface area contributed by atoms with Crippen molar-refractivity contribution in [3.63, 3.8) is 0 Å². The highest BCUT2D eigenvalue weighted by Crippen LogP contribution is 2.35. The first-order valence-corrected chi connectivity index (χ1v) is 11.2. The zero-order chi connectivity index (χ0) is 23.1. The third-order valence-corrected chi connectivity index (χ3v) is 5.70. The molecule has 2 aromatic rings. The first-order chi connectivity index (χ1) is 15.4. The number of carboxylic acids is 1. The number of benzene rings is 2. The Bertz CT molecular complexity index is 1060. The van der Waals surface area contributed by atoms with Crippen molar-refractivity contribution >= 4 is 40.6 Å². The number of carboxylic acid groups (broad SMARTS) is 1. The van der Waals surface area contributed by atoms with Crippen molar-refractivity contribution in [3.05, 3.63) is 58.5 Å². The maximum absolute atomic E-state index is 12.7. The van der Waals surface area contributed by atoms with Crippen LogP contribution in [-0.4, -0.2) is 47.3 Å². The summed E-state index contributed by atoms with van der Waals surface area (Å²) in [4.78, 5) is 30.4. The number of unbranched alkanes of at least 4 members (excludes halogenated alkanes) is 1. The summed E-state index contributed by atoms with van der Waals surface area (Å²) in [7, 11) is 1.65. The Labute approximate surface area is 191 Å². The van der Waals surface area contributed by atoms with E-state index < -0.39 is 5.97 Å². The Morgan fingerprint density at radius 1 is 1.16 bits per heavy atom. The fraction of sp³-hybridized carbons (Fsp3) is 0.292. The number of aliphatic imine (C=N–C) groups is 1. The van der Waals surface area contributed by atoms with Gasteiger partial charge in [0.1, 0.15) is 0 Å². The summed E-state index contributed by atoms with van der Waals surface area (Å²) in [5.41, 5.74) is 1.43. The lowest BCUT2D eigenvalue weighted by atomic mass is 10.2. The fourth-order valence-electron chi connectivity index (χ4n) is 2.95. The molecule has 1 heterocycles. The molecule has 0 aliphatic carbocycles. The van der Waals surface area contributed by atoms with Crippen molar-refractivity contribution in [1.82, 2.24) is 4.90 Å². The molecular formula is C24H26N2O5S. The van der Waals surface area contributed by atoms with Crippen molar-refractivity contribution in [2.45, 2.75) is 26.7 Å². The number of aromatic carboxylic acids is 1. The Morgan fingerprint density at radius 3 is 2.69 bits per heavy atom. The van der Waals surface area contributed by atoms with Crippen LogP contribution in [0.25, 0.3) is 6.08 Å². The highest BCUT2D eigenvalue weighted by Gasteiger charge is 2.30. The van der Waals surface area contributed by atoms with Gasteiger partial charge in [0.05, 0.1) is 29.4 Å². The molecule has 1 aliphatic rings. The maximum Gasteiger partial charge on any atom is 0.335 e. The van der Waals surface area contributed by atoms with Gasteiger partial charge in [-0.25, -0.2) is 9.79 Å². The fourth-order valence-corrected chi connectivity index (χ4v) is 3.94. The van der Waals surface area contributed by atoms with Crippen LogP contribution in [0.1, 0.15) is 42.6 Å². The molecule has 0 spiro atoms. The molecule has 2 aromatic carbocycles. The van der Waals surface area contributed by atoms with Gasteiger partial charge in [-0.3, -0.25) is 9.69 Å². The number of nitrogens with zero attached hydrogens (tertiary/aromatic N) is 2. The summed E-state index contributed by atoms with van der Waals surface area (Å²) >= 11 is 1.24. The molecule has 0 radical (unpaired) electrons. The van der Waals surface area contributed by atoms with Gasteiger partial charge in [-0.1, -0.05) is 25.5 Å². The highest BCUT2D eigenvalue weighted by atomic mass is 32.2. The van der Waals surface area contributed by atoms with E-state index in [2.05, 4.69) is 11.9 Å². The smallest absolute Gasteiger partial charge is 0.335 e. The Balaban J connectivity index is 1.84. The van der Waals surface area contributed by atoms with Crippen molar-refractivity contribution < 1.29 is 24.2 Å². The van der Waals surface area contributed by atoms with Crippen LogP contribution in [0.2, 0.25) is 0 Å². The lowest BCUT2D eigenvalue weighted by Crippen LogP contribution is -2.23. The van der Waals surface area contributed by atoms with E-state index in [1.54, 1.807) is 25.3 Å². The number of likely N-dealkylation sites (N-methyl/N-ethyl adjacent to an activating group) is 1. The van der Waals surface area contributed by atoms with Crippen molar-refractivity contribution in [2.24, 2.45) is 4.99 Å². The van der Waals surface area contributed by atoms with Crippen molar-refractivity contribution in [3.8, 4) is 11.5 Å². The molecule has 7 nitrogen and oxygen atoms in total. The van der Waals surface area contributed by atoms with Gasteiger partial charge in [-0.2, -0.15) is 0 Å². The van der Waals surface area contributed by atoms with Gasteiger partial charge >= 0.3 is 5.97 Å². The van der Waals surface area contributed by atoms with Crippen LogP contribution in [-0.2, 0) is 4.79 Å². The van der Waals surface area contributed by atoms with E-state index in [1.807, 2.05) is 25.1 Å². The van der Waals surface area contributed by atoms with Crippen LogP contribution in [0.4, 0.5) is 5.69 Å². The second-order valence-corrected chi connectivity index (χ2v) is 8.07. The largest absolute Gasteiger partial charge is 0.490 e. The SMILES string of the molecule is CCCCOc1ccc(/C=C2/SC(=Nc3cccc(C(=O)O)c3)N(C)C2=O)cc1OCC. The molecule has 1 saturated heterocycles. The van der Waals surface area contributed by atoms with Crippen molar-refractivity contribution in [2.75, 3.05) is 20.3 Å². The van der Waals surface area contributed by atoms with E-state index in [-0.39, 0.29) is 11.5 Å². The minimum atomic E-state index is -1.02. The number of hydrogen-bond acceptors (Lipinski definition) is 6. The van der Waals surface area contributed by atoms with Gasteiger partial charge in [0.25, 0.3) is 5.91 Å². The summed E-state index contributed by atoms with van der Waals surface area (Å²) in [6.07, 6.45) is 3.80. The number of hydrogen-bond donors (Lipinski definition) is 1. The van der Waals surface area contributed by atoms with Crippen LogP contribution >= 0.6 is 11.8 Å². The first-order valence-electron chi connectivity index (χ1n) is 10.4. The topological polar surface area (TPSA) is 88.4 Å². The zero-order valence-electron chi connectivity index (χ0n) is 18.3. The third-order valence-electron chi connectivity index (χ3n) is 4.64. The van der Waals surface area contributed by atoms with E-state index in [0.29, 0.717) is 40.5 Å². The number of ether oxygens (including phenoxy) is 2. The average molecular weight is 455 g/mol. The minimum absolute atomic E-state index is 0.143. The number of carbonyl (C=O) groups excluding carboxylic acids is 1. The summed E-state index contributed by atoms with van der Waals surface area (Å²) in [6, 6.07) is 11.9. The summed E-state index contributed by atoms with van der Waals surface area (Å²) in [5, 5.41) is 9.64. The molecule has 1 N–H and O–H groups in total. The molecule has 1 fully saturated rings. The molecule has 32 heavy (non-hydrogen) atoms. The first kappa shape index (κ1) is 23.4. The lowest BCUT2D eigenvalue weighted by molar-refractivity contribution is -0.121. The van der Waals surface area contributed by atoms with Gasteiger partial charge in [-0.05, 0) is 67.1 Å². The number of rotatable bonds is 9. The standard InChI is InChI=1S/C24H26N2O5S/c1-4-6-12-31-19-11-10-16(13-20(19)30-5-2)14-21-22(27)26(3)24(32-21)25-18-9-7-8-17(15-18)23(28)29/h7-11,13-15H,4-6,12H2,1-3H3,(H,28,29)/b21-14+,25-24?. The summed E-state index contributed by atoms with van der Waals surface area (Å²) in [6.45, 7) is 5.15. The highest BCUT2D eigenvalue weighted by molar-refractivity contribution is 8.18. The van der Waals surface area contributed by atoms with Crippen LogP contribution in [0.5, 0.6) is 11.5 Å². The second kappa shape index (κ2) is 10.9. The van der Waals surface area contributed by atoms with Gasteiger partial charge in [0, 0.05) is 7.05 Å². The van der Waals surface area contributed by atoms with Gasteiger partial charge in [0.15, 0.2) is 16.7 Å². The van der Waals surface area contributed by atoms with E-state index in [9.17, 15) is 9.59 Å². The van der Waals surface area contributed by atoms with Gasteiger partial charge < -0.3 is 14.6 Å². The van der Waals surface area contributed by atoms with E-state index in [4.69, 9.17) is 14.6 Å². The van der Waals surface area contributed by atoms with Crippen LogP contribution < -0.4 is 9.47 Å². The minimum Gasteiger partial charge on any atom is -0.490 e. The third kappa shape index (κ3) is 5.70. The Hall–Kier alpha value is -3.26.